The number of benzene rings is 2. The number of ether oxygens (including phenoxy) is 1. The van der Waals surface area contributed by atoms with E-state index < -0.39 is 7.60 Å². The summed E-state index contributed by atoms with van der Waals surface area (Å²) < 4.78 is 29.7. The number of methoxy groups -OCH3 is 1. The molecule has 0 atom stereocenters. The molecule has 0 aliphatic heterocycles. The third kappa shape index (κ3) is 4.14. The van der Waals surface area contributed by atoms with Crippen LogP contribution in [-0.4, -0.2) is 25.3 Å². The Hall–Kier alpha value is -2.40. The van der Waals surface area contributed by atoms with E-state index in [2.05, 4.69) is 10.3 Å². The van der Waals surface area contributed by atoms with Gasteiger partial charge in [-0.15, -0.1) is 0 Å². The lowest BCUT2D eigenvalue weighted by Crippen LogP contribution is -2.16. The number of aromatic nitrogens is 1. The van der Waals surface area contributed by atoms with E-state index in [1.54, 1.807) is 27.2 Å². The Balaban J connectivity index is 2.15. The molecule has 27 heavy (non-hydrogen) atoms. The molecule has 1 N–H and O–H groups in total. The molecule has 0 fully saturated rings. The monoisotopic (exact) mass is 386 g/mol. The molecule has 0 amide bonds. The van der Waals surface area contributed by atoms with Gasteiger partial charge in [0, 0.05) is 17.3 Å². The average Bonchev–Trinajstić information content (AvgIpc) is 2.69. The standard InChI is InChI=1S/C20H23N2O4P/c1-4-25-27(23,26-5-2)19-14-21-18-9-7-6-8-17(18)20(19)22-15-10-12-16(24-3)13-11-15/h6-14H,4-5H2,1-3H3,(H,21,22). The lowest BCUT2D eigenvalue weighted by molar-refractivity contribution is 0.230. The van der Waals surface area contributed by atoms with Gasteiger partial charge in [0.15, 0.2) is 0 Å². The predicted octanol–water partition coefficient (Wildman–Crippen LogP) is 4.88. The number of pyridine rings is 1. The van der Waals surface area contributed by atoms with Gasteiger partial charge in [0.1, 0.15) is 11.1 Å². The summed E-state index contributed by atoms with van der Waals surface area (Å²) in [4.78, 5) is 4.45. The molecule has 0 spiro atoms. The van der Waals surface area contributed by atoms with Crippen molar-refractivity contribution in [3.05, 3.63) is 54.7 Å². The van der Waals surface area contributed by atoms with E-state index in [1.807, 2.05) is 48.5 Å². The van der Waals surface area contributed by atoms with Crippen LogP contribution in [0, 0.1) is 0 Å². The van der Waals surface area contributed by atoms with E-state index in [9.17, 15) is 4.57 Å². The van der Waals surface area contributed by atoms with Crippen molar-refractivity contribution >= 4 is 35.2 Å². The Morgan fingerprint density at radius 3 is 2.30 bits per heavy atom. The first-order chi connectivity index (χ1) is 13.1. The molecule has 0 aliphatic carbocycles. The lowest BCUT2D eigenvalue weighted by atomic mass is 10.2. The van der Waals surface area contributed by atoms with Gasteiger partial charge < -0.3 is 19.1 Å². The van der Waals surface area contributed by atoms with Crippen molar-refractivity contribution in [3.8, 4) is 5.75 Å². The number of rotatable bonds is 8. The largest absolute Gasteiger partial charge is 0.497 e. The molecule has 0 saturated heterocycles. The van der Waals surface area contributed by atoms with Crippen molar-refractivity contribution < 1.29 is 18.3 Å². The summed E-state index contributed by atoms with van der Waals surface area (Å²) in [5, 5.41) is 4.62. The summed E-state index contributed by atoms with van der Waals surface area (Å²) in [6, 6.07) is 15.2. The molecule has 6 nitrogen and oxygen atoms in total. The van der Waals surface area contributed by atoms with Gasteiger partial charge >= 0.3 is 7.60 Å². The SMILES string of the molecule is CCOP(=O)(OCC)c1cnc2ccccc2c1Nc1ccc(OC)cc1. The van der Waals surface area contributed by atoms with Crippen LogP contribution in [-0.2, 0) is 13.6 Å². The highest BCUT2D eigenvalue weighted by Crippen LogP contribution is 2.49. The molecule has 1 aromatic heterocycles. The van der Waals surface area contributed by atoms with Crippen LogP contribution < -0.4 is 15.4 Å². The third-order valence-electron chi connectivity index (χ3n) is 4.01. The minimum Gasteiger partial charge on any atom is -0.497 e. The summed E-state index contributed by atoms with van der Waals surface area (Å²) in [6.45, 7) is 4.12. The molecule has 7 heteroatoms. The van der Waals surface area contributed by atoms with E-state index in [0.29, 0.717) is 11.0 Å². The summed E-state index contributed by atoms with van der Waals surface area (Å²) in [6.07, 6.45) is 1.57. The average molecular weight is 386 g/mol. The van der Waals surface area contributed by atoms with Gasteiger partial charge in [-0.1, -0.05) is 18.2 Å². The van der Waals surface area contributed by atoms with Gasteiger partial charge in [0.2, 0.25) is 0 Å². The zero-order valence-corrected chi connectivity index (χ0v) is 16.5. The van der Waals surface area contributed by atoms with E-state index in [1.165, 1.54) is 0 Å². The fourth-order valence-corrected chi connectivity index (χ4v) is 4.49. The topological polar surface area (TPSA) is 69.7 Å². The van der Waals surface area contributed by atoms with Crippen LogP contribution in [0.15, 0.2) is 54.7 Å². The number of nitrogens with one attached hydrogen (secondary N) is 1. The predicted molar refractivity (Wildman–Crippen MR) is 109 cm³/mol. The molecule has 0 bridgehead atoms. The van der Waals surface area contributed by atoms with Crippen LogP contribution in [0.5, 0.6) is 5.75 Å². The zero-order valence-electron chi connectivity index (χ0n) is 15.6. The Labute approximate surface area is 159 Å². The lowest BCUT2D eigenvalue weighted by Gasteiger charge is -2.21. The highest BCUT2D eigenvalue weighted by atomic mass is 31.2. The second-order valence-electron chi connectivity index (χ2n) is 5.72. The molecule has 3 aromatic rings. The Bertz CT molecular complexity index is 950. The maximum atomic E-state index is 13.4. The number of para-hydroxylation sites is 1. The minimum atomic E-state index is -3.52. The molecule has 142 valence electrons. The van der Waals surface area contributed by atoms with E-state index in [4.69, 9.17) is 13.8 Å². The first kappa shape index (κ1) is 19.4. The van der Waals surface area contributed by atoms with Gasteiger partial charge in [0.25, 0.3) is 0 Å². The molecule has 0 unspecified atom stereocenters. The summed E-state index contributed by atoms with van der Waals surface area (Å²) >= 11 is 0. The Morgan fingerprint density at radius 2 is 1.67 bits per heavy atom. The fourth-order valence-electron chi connectivity index (χ4n) is 2.80. The van der Waals surface area contributed by atoms with Crippen molar-refractivity contribution in [3.63, 3.8) is 0 Å². The van der Waals surface area contributed by atoms with Gasteiger partial charge in [-0.3, -0.25) is 9.55 Å². The van der Waals surface area contributed by atoms with Crippen LogP contribution >= 0.6 is 7.60 Å². The van der Waals surface area contributed by atoms with Gasteiger partial charge in [-0.05, 0) is 44.2 Å². The van der Waals surface area contributed by atoms with Gasteiger partial charge in [0.05, 0.1) is 31.5 Å². The normalized spacial score (nSPS) is 11.5. The van der Waals surface area contributed by atoms with Crippen molar-refractivity contribution in [2.45, 2.75) is 13.8 Å². The second kappa shape index (κ2) is 8.53. The fraction of sp³-hybridized carbons (Fsp3) is 0.250. The summed E-state index contributed by atoms with van der Waals surface area (Å²) in [5.41, 5.74) is 2.28. The van der Waals surface area contributed by atoms with Crippen LogP contribution in [0.1, 0.15) is 13.8 Å². The molecule has 0 saturated carbocycles. The highest BCUT2D eigenvalue weighted by molar-refractivity contribution is 7.62. The molecule has 2 aromatic carbocycles. The molecular formula is C20H23N2O4P. The number of hydrogen-bond acceptors (Lipinski definition) is 6. The molecular weight excluding hydrogens is 363 g/mol. The summed E-state index contributed by atoms with van der Waals surface area (Å²) in [7, 11) is -1.89. The first-order valence-corrected chi connectivity index (χ1v) is 10.3. The van der Waals surface area contributed by atoms with Crippen molar-refractivity contribution in [1.82, 2.24) is 4.98 Å². The highest BCUT2D eigenvalue weighted by Gasteiger charge is 2.31. The van der Waals surface area contributed by atoms with Crippen LogP contribution in [0.2, 0.25) is 0 Å². The van der Waals surface area contributed by atoms with Gasteiger partial charge in [-0.2, -0.15) is 0 Å². The molecule has 3 rings (SSSR count). The number of anilines is 2. The number of fused-ring (bicyclic) bond motifs is 1. The smallest absolute Gasteiger partial charge is 0.365 e. The number of nitrogens with zero attached hydrogens (tertiary/aromatic N) is 1. The maximum absolute atomic E-state index is 13.4. The van der Waals surface area contributed by atoms with E-state index >= 15 is 0 Å². The Morgan fingerprint density at radius 1 is 1.00 bits per heavy atom. The van der Waals surface area contributed by atoms with Crippen molar-refractivity contribution in [1.29, 1.82) is 0 Å². The van der Waals surface area contributed by atoms with Crippen molar-refractivity contribution in [2.24, 2.45) is 0 Å². The van der Waals surface area contributed by atoms with E-state index in [0.717, 1.165) is 22.3 Å². The van der Waals surface area contributed by atoms with E-state index in [-0.39, 0.29) is 13.2 Å². The zero-order chi connectivity index (χ0) is 19.3. The number of hydrogen-bond donors (Lipinski definition) is 1. The van der Waals surface area contributed by atoms with Crippen LogP contribution in [0.4, 0.5) is 11.4 Å². The van der Waals surface area contributed by atoms with Gasteiger partial charge in [-0.25, -0.2) is 0 Å². The molecule has 0 radical (unpaired) electrons. The molecule has 1 heterocycles. The third-order valence-corrected chi connectivity index (χ3v) is 6.13. The maximum Gasteiger partial charge on any atom is 0.365 e. The summed E-state index contributed by atoms with van der Waals surface area (Å²) in [5.74, 6) is 0.759. The first-order valence-electron chi connectivity index (χ1n) is 8.79. The second-order valence-corrected chi connectivity index (χ2v) is 7.72. The van der Waals surface area contributed by atoms with Crippen LogP contribution in [0.3, 0.4) is 0 Å². The molecule has 0 aliphatic rings. The Kier molecular flexibility index (Phi) is 6.11. The quantitative estimate of drug-likeness (QED) is 0.557. The van der Waals surface area contributed by atoms with Crippen LogP contribution in [0.25, 0.3) is 10.9 Å². The van der Waals surface area contributed by atoms with Crippen molar-refractivity contribution in [2.75, 3.05) is 25.6 Å². The minimum absolute atomic E-state index is 0.270.